The molecule has 2 rings (SSSR count). The Morgan fingerprint density at radius 1 is 1.35 bits per heavy atom. The van der Waals surface area contributed by atoms with Gasteiger partial charge < -0.3 is 14.7 Å². The second-order valence-electron chi connectivity index (χ2n) is 5.07. The molecule has 0 spiro atoms. The molecule has 1 amide bonds. The number of aromatic hydroxyl groups is 1. The van der Waals surface area contributed by atoms with Crippen LogP contribution in [0.15, 0.2) is 18.2 Å². The Kier molecular flexibility index (Phi) is 4.27. The van der Waals surface area contributed by atoms with Gasteiger partial charge in [0.15, 0.2) is 0 Å². The van der Waals surface area contributed by atoms with Crippen molar-refractivity contribution in [3.05, 3.63) is 23.8 Å². The smallest absolute Gasteiger partial charge is 0.257 e. The van der Waals surface area contributed by atoms with Crippen LogP contribution >= 0.6 is 0 Å². The fraction of sp³-hybridized carbons (Fsp3) is 0.467. The van der Waals surface area contributed by atoms with Crippen LogP contribution in [-0.2, 0) is 4.79 Å². The Morgan fingerprint density at radius 2 is 2.00 bits per heavy atom. The molecule has 0 aromatic heterocycles. The summed E-state index contributed by atoms with van der Waals surface area (Å²) in [5, 5.41) is 9.83. The van der Waals surface area contributed by atoms with Crippen LogP contribution in [0.4, 0.5) is 0 Å². The van der Waals surface area contributed by atoms with Crippen molar-refractivity contribution in [1.29, 1.82) is 0 Å². The lowest BCUT2D eigenvalue weighted by Crippen LogP contribution is -2.39. The molecule has 5 heteroatoms. The minimum Gasteiger partial charge on any atom is -0.507 e. The first-order valence-electron chi connectivity index (χ1n) is 6.68. The van der Waals surface area contributed by atoms with Crippen molar-refractivity contribution in [3.63, 3.8) is 0 Å². The number of hydrogen-bond acceptors (Lipinski definition) is 4. The van der Waals surface area contributed by atoms with Crippen LogP contribution in [0.25, 0.3) is 0 Å². The minimum atomic E-state index is -0.249. The summed E-state index contributed by atoms with van der Waals surface area (Å²) in [4.78, 5) is 25.3. The van der Waals surface area contributed by atoms with Crippen LogP contribution in [0.2, 0.25) is 0 Å². The monoisotopic (exact) mass is 277 g/mol. The standard InChI is InChI=1S/C15H19NO4/c1-16(10-3-5-11(17)6-4-10)15(19)13-9-12(20-2)7-8-14(13)18/h7-10,18H,3-6H2,1-2H3. The maximum atomic E-state index is 12.4. The van der Waals surface area contributed by atoms with Gasteiger partial charge in [0.2, 0.25) is 0 Å². The average molecular weight is 277 g/mol. The molecule has 0 atom stereocenters. The van der Waals surface area contributed by atoms with E-state index in [9.17, 15) is 14.7 Å². The third-order valence-electron chi connectivity index (χ3n) is 3.81. The van der Waals surface area contributed by atoms with Crippen molar-refractivity contribution >= 4 is 11.7 Å². The zero-order chi connectivity index (χ0) is 14.7. The van der Waals surface area contributed by atoms with Crippen LogP contribution in [0.3, 0.4) is 0 Å². The molecule has 5 nitrogen and oxygen atoms in total. The van der Waals surface area contributed by atoms with E-state index < -0.39 is 0 Å². The van der Waals surface area contributed by atoms with E-state index >= 15 is 0 Å². The Morgan fingerprint density at radius 3 is 2.60 bits per heavy atom. The maximum Gasteiger partial charge on any atom is 0.257 e. The molecule has 1 aromatic carbocycles. The van der Waals surface area contributed by atoms with E-state index in [1.807, 2.05) is 0 Å². The predicted octanol–water partition coefficient (Wildman–Crippen LogP) is 1.98. The molecule has 0 saturated heterocycles. The summed E-state index contributed by atoms with van der Waals surface area (Å²) in [6.45, 7) is 0. The summed E-state index contributed by atoms with van der Waals surface area (Å²) in [5.41, 5.74) is 0.226. The van der Waals surface area contributed by atoms with Crippen LogP contribution < -0.4 is 4.74 Å². The SMILES string of the molecule is COc1ccc(O)c(C(=O)N(C)C2CCC(=O)CC2)c1. The molecule has 1 N–H and O–H groups in total. The topological polar surface area (TPSA) is 66.8 Å². The van der Waals surface area contributed by atoms with E-state index in [4.69, 9.17) is 4.74 Å². The predicted molar refractivity (Wildman–Crippen MR) is 74.0 cm³/mol. The number of nitrogens with zero attached hydrogens (tertiary/aromatic N) is 1. The number of benzene rings is 1. The summed E-state index contributed by atoms with van der Waals surface area (Å²) in [7, 11) is 3.22. The number of carbonyl (C=O) groups is 2. The van der Waals surface area contributed by atoms with Crippen molar-refractivity contribution in [2.75, 3.05) is 14.2 Å². The molecule has 1 aliphatic carbocycles. The number of phenolic OH excluding ortho intramolecular Hbond substituents is 1. The fourth-order valence-electron chi connectivity index (χ4n) is 2.48. The van der Waals surface area contributed by atoms with Gasteiger partial charge in [-0.15, -0.1) is 0 Å². The van der Waals surface area contributed by atoms with Crippen LogP contribution in [0.5, 0.6) is 11.5 Å². The lowest BCUT2D eigenvalue weighted by atomic mass is 9.93. The number of phenols is 1. The summed E-state index contributed by atoms with van der Waals surface area (Å²) in [5.74, 6) is 0.472. The average Bonchev–Trinajstić information content (AvgIpc) is 2.47. The first kappa shape index (κ1) is 14.4. The Balaban J connectivity index is 2.16. The quantitative estimate of drug-likeness (QED) is 0.917. The first-order chi connectivity index (χ1) is 9.52. The van der Waals surface area contributed by atoms with E-state index in [1.165, 1.54) is 19.2 Å². The number of rotatable bonds is 3. The summed E-state index contributed by atoms with van der Waals surface area (Å²) in [6, 6.07) is 4.63. The Labute approximate surface area is 118 Å². The molecule has 1 fully saturated rings. The van der Waals surface area contributed by atoms with Gasteiger partial charge in [0.05, 0.1) is 12.7 Å². The summed E-state index contributed by atoms with van der Waals surface area (Å²) < 4.78 is 5.07. The molecule has 0 aliphatic heterocycles. The third kappa shape index (κ3) is 2.92. The Bertz CT molecular complexity index is 517. The van der Waals surface area contributed by atoms with Gasteiger partial charge >= 0.3 is 0 Å². The number of ketones is 1. The molecule has 1 aliphatic rings. The lowest BCUT2D eigenvalue weighted by molar-refractivity contribution is -0.121. The molecular weight excluding hydrogens is 258 g/mol. The fourth-order valence-corrected chi connectivity index (χ4v) is 2.48. The summed E-state index contributed by atoms with van der Waals surface area (Å²) in [6.07, 6.45) is 2.41. The van der Waals surface area contributed by atoms with Gasteiger partial charge in [-0.3, -0.25) is 9.59 Å². The van der Waals surface area contributed by atoms with E-state index in [2.05, 4.69) is 0 Å². The highest BCUT2D eigenvalue weighted by Gasteiger charge is 2.27. The van der Waals surface area contributed by atoms with Gasteiger partial charge in [0.1, 0.15) is 17.3 Å². The number of amides is 1. The van der Waals surface area contributed by atoms with Gasteiger partial charge in [-0.2, -0.15) is 0 Å². The molecule has 0 bridgehead atoms. The van der Waals surface area contributed by atoms with E-state index in [1.54, 1.807) is 18.0 Å². The van der Waals surface area contributed by atoms with E-state index in [-0.39, 0.29) is 29.0 Å². The van der Waals surface area contributed by atoms with Crippen molar-refractivity contribution in [2.45, 2.75) is 31.7 Å². The molecule has 0 radical (unpaired) electrons. The van der Waals surface area contributed by atoms with E-state index in [0.717, 1.165) is 0 Å². The van der Waals surface area contributed by atoms with Crippen LogP contribution in [-0.4, -0.2) is 41.9 Å². The second-order valence-corrected chi connectivity index (χ2v) is 5.07. The molecule has 0 unspecified atom stereocenters. The number of methoxy groups -OCH3 is 1. The molecular formula is C15H19NO4. The summed E-state index contributed by atoms with van der Waals surface area (Å²) >= 11 is 0. The van der Waals surface area contributed by atoms with Gasteiger partial charge in [0.25, 0.3) is 5.91 Å². The highest BCUT2D eigenvalue weighted by atomic mass is 16.5. The second kappa shape index (κ2) is 5.94. The van der Waals surface area contributed by atoms with Crippen molar-refractivity contribution < 1.29 is 19.4 Å². The number of ether oxygens (including phenoxy) is 1. The number of hydrogen-bond donors (Lipinski definition) is 1. The highest BCUT2D eigenvalue weighted by molar-refractivity contribution is 5.97. The van der Waals surface area contributed by atoms with Gasteiger partial charge in [-0.25, -0.2) is 0 Å². The van der Waals surface area contributed by atoms with Crippen molar-refractivity contribution in [1.82, 2.24) is 4.90 Å². The highest BCUT2D eigenvalue weighted by Crippen LogP contribution is 2.27. The Hall–Kier alpha value is -2.04. The lowest BCUT2D eigenvalue weighted by Gasteiger charge is -2.31. The minimum absolute atomic E-state index is 0.0470. The maximum absolute atomic E-state index is 12.4. The van der Waals surface area contributed by atoms with Gasteiger partial charge in [-0.1, -0.05) is 0 Å². The van der Waals surface area contributed by atoms with Crippen molar-refractivity contribution in [2.24, 2.45) is 0 Å². The van der Waals surface area contributed by atoms with Crippen LogP contribution in [0.1, 0.15) is 36.0 Å². The number of carbonyl (C=O) groups excluding carboxylic acids is 2. The zero-order valence-electron chi connectivity index (χ0n) is 11.8. The molecule has 20 heavy (non-hydrogen) atoms. The van der Waals surface area contributed by atoms with Crippen LogP contribution in [0, 0.1) is 0 Å². The van der Waals surface area contributed by atoms with Gasteiger partial charge in [0, 0.05) is 25.9 Å². The first-order valence-corrected chi connectivity index (χ1v) is 6.68. The largest absolute Gasteiger partial charge is 0.507 e. The molecule has 1 saturated carbocycles. The van der Waals surface area contributed by atoms with Crippen molar-refractivity contribution in [3.8, 4) is 11.5 Å². The van der Waals surface area contributed by atoms with E-state index in [0.29, 0.717) is 31.4 Å². The zero-order valence-corrected chi connectivity index (χ0v) is 11.8. The molecule has 0 heterocycles. The molecule has 108 valence electrons. The van der Waals surface area contributed by atoms with Gasteiger partial charge in [-0.05, 0) is 31.0 Å². The normalized spacial score (nSPS) is 16.0. The number of Topliss-reactive ketones (excluding diaryl/α,β-unsaturated/α-hetero) is 1. The molecule has 1 aromatic rings. The third-order valence-corrected chi connectivity index (χ3v) is 3.81.